The van der Waals surface area contributed by atoms with Gasteiger partial charge in [-0.1, -0.05) is 0 Å². The zero-order valence-corrected chi connectivity index (χ0v) is 17.8. The second-order valence-electron chi connectivity index (χ2n) is 1.22. The Morgan fingerprint density at radius 2 is 0.320 bits per heavy atom. The summed E-state index contributed by atoms with van der Waals surface area (Å²) < 4.78 is 102. The first-order valence-electron chi connectivity index (χ1n) is 2.00. The average molecular weight is 747 g/mol. The van der Waals surface area contributed by atoms with Gasteiger partial charge < -0.3 is 71.1 Å². The number of hydrogen-bond acceptors (Lipinski definition) is 12. The van der Waals surface area contributed by atoms with Crippen molar-refractivity contribution in [2.45, 2.75) is 0 Å². The van der Waals surface area contributed by atoms with Crippen LogP contribution in [0.1, 0.15) is 0 Å². The van der Waals surface area contributed by atoms with Gasteiger partial charge in [-0.2, -0.15) is 0 Å². The normalized spacial score (nSPS) is 6.96. The van der Waals surface area contributed by atoms with E-state index in [4.69, 9.17) is 52.6 Å². The van der Waals surface area contributed by atoms with Crippen LogP contribution >= 0.6 is 0 Å². The van der Waals surface area contributed by atoms with E-state index in [0.29, 0.717) is 0 Å². The van der Waals surface area contributed by atoms with Gasteiger partial charge in [-0.3, -0.25) is 25.3 Å². The van der Waals surface area contributed by atoms with Crippen molar-refractivity contribution in [2.75, 3.05) is 0 Å². The summed E-state index contributed by atoms with van der Waals surface area (Å²) >= 11 is 0. The van der Waals surface area contributed by atoms with Crippen molar-refractivity contribution in [3.8, 4) is 0 Å². The molecule has 0 aliphatic carbocycles. The van der Waals surface area contributed by atoms with Crippen LogP contribution in [-0.4, -0.2) is 96.4 Å². The van der Waals surface area contributed by atoms with E-state index in [9.17, 15) is 0 Å². The molecule has 0 saturated carbocycles. The van der Waals surface area contributed by atoms with Gasteiger partial charge in [-0.05, 0) is 0 Å². The fourth-order valence-electron chi connectivity index (χ4n) is 0. The van der Waals surface area contributed by atoms with Gasteiger partial charge in [0.1, 0.15) is 0 Å². The van der Waals surface area contributed by atoms with Crippen LogP contribution < -0.4 is 0 Å². The molecular weight excluding hydrogens is 731 g/mol. The van der Waals surface area contributed by atoms with Gasteiger partial charge in [0, 0.05) is 31.2 Å². The Balaban J connectivity index is -0.00000000655. The van der Waals surface area contributed by atoms with Gasteiger partial charge >= 0.3 is 79.9 Å². The van der Waals surface area contributed by atoms with Gasteiger partial charge in [-0.15, -0.1) is 0 Å². The molecule has 0 aromatic rings. The average Bonchev–Trinajstić information content (AvgIpc) is 1.41. The van der Waals surface area contributed by atoms with E-state index >= 15 is 0 Å². The molecular formula is H16Gd2O20S3. The first kappa shape index (κ1) is 93.3. The van der Waals surface area contributed by atoms with Crippen LogP contribution in [0, 0.1) is 79.9 Å². The minimum absolute atomic E-state index is 0. The van der Waals surface area contributed by atoms with Gasteiger partial charge in [0.2, 0.25) is 0 Å². The van der Waals surface area contributed by atoms with Crippen LogP contribution in [0.2, 0.25) is 0 Å². The van der Waals surface area contributed by atoms with Crippen molar-refractivity contribution in [2.24, 2.45) is 0 Å². The smallest absolute Gasteiger partial charge is 0.759 e. The van der Waals surface area contributed by atoms with E-state index < -0.39 is 31.2 Å². The largest absolute Gasteiger partial charge is 3.00 e. The summed E-state index contributed by atoms with van der Waals surface area (Å²) in [7, 11) is -15.5. The minimum atomic E-state index is -5.17. The Bertz CT molecular complexity index is 344. The van der Waals surface area contributed by atoms with E-state index in [2.05, 4.69) is 0 Å². The van der Waals surface area contributed by atoms with Crippen molar-refractivity contribution < 1.29 is 176 Å². The number of rotatable bonds is 0. The molecule has 0 amide bonds. The molecule has 0 aliphatic heterocycles. The molecule has 0 rings (SSSR count). The fourth-order valence-corrected chi connectivity index (χ4v) is 0. The van der Waals surface area contributed by atoms with Crippen LogP contribution in [0.25, 0.3) is 0 Å². The molecule has 16 N–H and O–H groups in total. The van der Waals surface area contributed by atoms with Crippen LogP contribution in [-0.2, 0) is 31.2 Å². The van der Waals surface area contributed by atoms with E-state index in [-0.39, 0.29) is 124 Å². The summed E-state index contributed by atoms with van der Waals surface area (Å²) in [6.45, 7) is 0. The van der Waals surface area contributed by atoms with Crippen LogP contribution in [0.15, 0.2) is 0 Å². The standard InChI is InChI=1S/2Gd.3H2O4S.8H2O/c;;3*1-5(2,3)4;;;;;;;;/h;;3*(H2,1,2,3,4);8*1H2/q2*+3;;;;;;;;;;;/p-6. The summed E-state index contributed by atoms with van der Waals surface area (Å²) in [4.78, 5) is 0. The maximum Gasteiger partial charge on any atom is 3.00 e. The first-order valence-corrected chi connectivity index (χ1v) is 6.00. The van der Waals surface area contributed by atoms with Crippen molar-refractivity contribution in [3.63, 3.8) is 0 Å². The van der Waals surface area contributed by atoms with E-state index in [0.717, 1.165) is 0 Å². The molecule has 25 heteroatoms. The molecule has 0 atom stereocenters. The van der Waals surface area contributed by atoms with Crippen molar-refractivity contribution in [1.82, 2.24) is 0 Å². The molecule has 0 aromatic carbocycles. The Morgan fingerprint density at radius 3 is 0.320 bits per heavy atom. The summed E-state index contributed by atoms with van der Waals surface area (Å²) in [5.74, 6) is 0. The Morgan fingerprint density at radius 1 is 0.320 bits per heavy atom. The molecule has 25 heavy (non-hydrogen) atoms. The third-order valence-electron chi connectivity index (χ3n) is 0. The molecule has 0 unspecified atom stereocenters. The monoisotopic (exact) mass is 748 g/mol. The predicted octanol–water partition coefficient (Wildman–Crippen LogP) is -10.6. The maximum atomic E-state index is 8.52. The van der Waals surface area contributed by atoms with Gasteiger partial charge in [0.25, 0.3) is 0 Å². The molecule has 0 spiro atoms. The zero-order chi connectivity index (χ0) is 13.5. The Labute approximate surface area is 204 Å². The molecule has 0 saturated heterocycles. The topological polar surface area (TPSA) is 493 Å². The van der Waals surface area contributed by atoms with Crippen molar-refractivity contribution in [1.29, 1.82) is 0 Å². The second kappa shape index (κ2) is 40.6. The Hall–Kier alpha value is 1.94. The second-order valence-corrected chi connectivity index (χ2v) is 3.67. The molecule has 0 heterocycles. The summed E-state index contributed by atoms with van der Waals surface area (Å²) in [5.41, 5.74) is 0. The van der Waals surface area contributed by atoms with Gasteiger partial charge in [0.05, 0.1) is 0 Å². The van der Waals surface area contributed by atoms with E-state index in [1.807, 2.05) is 0 Å². The minimum Gasteiger partial charge on any atom is -0.759 e. The SMILES string of the molecule is O.O.O.O.O.O.O.O.O=S(=O)([O-])[O-].O=S(=O)([O-])[O-].O=S(=O)([O-])[O-].[Gd+3].[Gd+3]. The molecule has 0 fully saturated rings. The predicted molar refractivity (Wildman–Crippen MR) is 60.3 cm³/mol. The van der Waals surface area contributed by atoms with Crippen LogP contribution in [0.3, 0.4) is 0 Å². The zero-order valence-electron chi connectivity index (χ0n) is 10.8. The summed E-state index contributed by atoms with van der Waals surface area (Å²) in [5, 5.41) is 0. The molecule has 0 aromatic heterocycles. The molecule has 0 aliphatic rings. The van der Waals surface area contributed by atoms with Crippen molar-refractivity contribution >= 4 is 31.2 Å². The first-order chi connectivity index (χ1) is 6.00. The molecule has 20 nitrogen and oxygen atoms in total. The van der Waals surface area contributed by atoms with Gasteiger partial charge in [0.15, 0.2) is 0 Å². The van der Waals surface area contributed by atoms with E-state index in [1.54, 1.807) is 0 Å². The van der Waals surface area contributed by atoms with E-state index in [1.165, 1.54) is 0 Å². The third kappa shape index (κ3) is 3950. The third-order valence-corrected chi connectivity index (χ3v) is 0. The number of hydrogen-bond donors (Lipinski definition) is 0. The quantitative estimate of drug-likeness (QED) is 0.165. The Kier molecular flexibility index (Phi) is 151. The molecule has 170 valence electrons. The van der Waals surface area contributed by atoms with Gasteiger partial charge in [-0.25, -0.2) is 0 Å². The summed E-state index contributed by atoms with van der Waals surface area (Å²) in [6.07, 6.45) is 0. The van der Waals surface area contributed by atoms with Crippen molar-refractivity contribution in [3.05, 3.63) is 0 Å². The molecule has 0 bridgehead atoms. The van der Waals surface area contributed by atoms with Crippen LogP contribution in [0.5, 0.6) is 0 Å². The maximum absolute atomic E-state index is 8.52. The molecule has 2 radical (unpaired) electrons. The summed E-state index contributed by atoms with van der Waals surface area (Å²) in [6, 6.07) is 0. The fraction of sp³-hybridized carbons (Fsp3) is 0. The van der Waals surface area contributed by atoms with Crippen LogP contribution in [0.4, 0.5) is 0 Å².